The molecule has 2 rings (SSSR count). The normalized spacial score (nSPS) is 29.2. The zero-order valence-electron chi connectivity index (χ0n) is 10.5. The van der Waals surface area contributed by atoms with Gasteiger partial charge in [0.15, 0.2) is 0 Å². The number of ether oxygens (including phenoxy) is 1. The minimum atomic E-state index is -0.181. The van der Waals surface area contributed by atoms with Gasteiger partial charge in [-0.3, -0.25) is 0 Å². The summed E-state index contributed by atoms with van der Waals surface area (Å²) >= 11 is 0. The third-order valence-electron chi connectivity index (χ3n) is 3.29. The van der Waals surface area contributed by atoms with Crippen molar-refractivity contribution < 1.29 is 9.13 Å². The summed E-state index contributed by atoms with van der Waals surface area (Å²) in [6, 6.07) is 6.86. The molecule has 0 bridgehead atoms. The molecule has 1 aliphatic rings. The van der Waals surface area contributed by atoms with E-state index in [9.17, 15) is 4.39 Å². The monoisotopic (exact) mass is 237 g/mol. The van der Waals surface area contributed by atoms with Crippen LogP contribution >= 0.6 is 0 Å². The fourth-order valence-corrected chi connectivity index (χ4v) is 2.48. The Morgan fingerprint density at radius 3 is 2.94 bits per heavy atom. The Labute approximate surface area is 102 Å². The van der Waals surface area contributed by atoms with Gasteiger partial charge in [-0.1, -0.05) is 31.5 Å². The first-order valence-electron chi connectivity index (χ1n) is 6.27. The molecule has 1 aromatic rings. The molecule has 0 amide bonds. The van der Waals surface area contributed by atoms with Gasteiger partial charge in [0.05, 0.1) is 11.7 Å². The van der Waals surface area contributed by atoms with Crippen LogP contribution in [-0.4, -0.2) is 18.7 Å². The second-order valence-electron chi connectivity index (χ2n) is 4.96. The summed E-state index contributed by atoms with van der Waals surface area (Å²) in [5.74, 6) is -0.181. The average molecular weight is 237 g/mol. The third-order valence-corrected chi connectivity index (χ3v) is 3.29. The second kappa shape index (κ2) is 5.15. The molecule has 2 atom stereocenters. The molecule has 0 radical (unpaired) electrons. The van der Waals surface area contributed by atoms with Crippen molar-refractivity contribution >= 4 is 0 Å². The third kappa shape index (κ3) is 2.85. The molecule has 2 unspecified atom stereocenters. The first-order valence-corrected chi connectivity index (χ1v) is 6.27. The first-order chi connectivity index (χ1) is 8.14. The van der Waals surface area contributed by atoms with E-state index in [4.69, 9.17) is 4.74 Å². The van der Waals surface area contributed by atoms with E-state index in [0.29, 0.717) is 12.1 Å². The van der Waals surface area contributed by atoms with Crippen LogP contribution in [-0.2, 0) is 4.74 Å². The number of rotatable bonds is 3. The van der Waals surface area contributed by atoms with Crippen LogP contribution in [0.25, 0.3) is 0 Å². The predicted octanol–water partition coefficient (Wildman–Crippen LogP) is 3.05. The molecule has 17 heavy (non-hydrogen) atoms. The predicted molar refractivity (Wildman–Crippen MR) is 66.4 cm³/mol. The van der Waals surface area contributed by atoms with Crippen molar-refractivity contribution in [1.29, 1.82) is 0 Å². The maximum absolute atomic E-state index is 13.7. The minimum absolute atomic E-state index is 0.179. The van der Waals surface area contributed by atoms with E-state index in [2.05, 4.69) is 19.2 Å². The summed E-state index contributed by atoms with van der Waals surface area (Å²) in [5.41, 5.74) is 0.474. The smallest absolute Gasteiger partial charge is 0.129 e. The summed E-state index contributed by atoms with van der Waals surface area (Å²) < 4.78 is 19.8. The Bertz CT molecular complexity index is 378. The highest BCUT2D eigenvalue weighted by Gasteiger charge is 2.33. The fraction of sp³-hybridized carbons (Fsp3) is 0.571. The highest BCUT2D eigenvalue weighted by molar-refractivity contribution is 5.21. The second-order valence-corrected chi connectivity index (χ2v) is 4.96. The standard InChI is InChI=1S/C14H20FNO/c1-3-8-14(2)10-16-9-13(17-14)11-6-4-5-7-12(11)15/h4-7,13,16H,3,8-10H2,1-2H3. The topological polar surface area (TPSA) is 21.3 Å². The molecule has 3 heteroatoms. The van der Waals surface area contributed by atoms with Crippen molar-refractivity contribution in [2.75, 3.05) is 13.1 Å². The highest BCUT2D eigenvalue weighted by Crippen LogP contribution is 2.31. The lowest BCUT2D eigenvalue weighted by Crippen LogP contribution is -2.49. The van der Waals surface area contributed by atoms with Gasteiger partial charge >= 0.3 is 0 Å². The molecule has 0 saturated carbocycles. The first kappa shape index (κ1) is 12.5. The lowest BCUT2D eigenvalue weighted by atomic mass is 9.96. The van der Waals surface area contributed by atoms with Crippen LogP contribution in [0.1, 0.15) is 38.4 Å². The molecular formula is C14H20FNO. The molecule has 1 heterocycles. The van der Waals surface area contributed by atoms with Crippen LogP contribution in [0.2, 0.25) is 0 Å². The molecule has 0 aromatic heterocycles. The van der Waals surface area contributed by atoms with E-state index in [0.717, 1.165) is 19.4 Å². The van der Waals surface area contributed by atoms with E-state index in [1.165, 1.54) is 6.07 Å². The number of morpholine rings is 1. The lowest BCUT2D eigenvalue weighted by Gasteiger charge is -2.39. The molecule has 1 fully saturated rings. The van der Waals surface area contributed by atoms with Crippen molar-refractivity contribution in [1.82, 2.24) is 5.32 Å². The molecule has 2 nitrogen and oxygen atoms in total. The van der Waals surface area contributed by atoms with Gasteiger partial charge in [-0.05, 0) is 19.4 Å². The number of nitrogens with one attached hydrogen (secondary N) is 1. The number of hydrogen-bond donors (Lipinski definition) is 1. The van der Waals surface area contributed by atoms with Crippen LogP contribution in [0.3, 0.4) is 0 Å². The quantitative estimate of drug-likeness (QED) is 0.872. The van der Waals surface area contributed by atoms with Gasteiger partial charge in [0, 0.05) is 18.7 Å². The van der Waals surface area contributed by atoms with E-state index in [-0.39, 0.29) is 17.5 Å². The van der Waals surface area contributed by atoms with E-state index in [1.807, 2.05) is 6.07 Å². The summed E-state index contributed by atoms with van der Waals surface area (Å²) in [4.78, 5) is 0. The molecule has 1 aromatic carbocycles. The summed E-state index contributed by atoms with van der Waals surface area (Å²) in [6.45, 7) is 5.75. The van der Waals surface area contributed by atoms with Crippen LogP contribution in [0.4, 0.5) is 4.39 Å². The molecule has 0 aliphatic carbocycles. The van der Waals surface area contributed by atoms with Gasteiger partial charge in [-0.15, -0.1) is 0 Å². The summed E-state index contributed by atoms with van der Waals surface area (Å²) in [6.07, 6.45) is 1.88. The van der Waals surface area contributed by atoms with Gasteiger partial charge in [0.25, 0.3) is 0 Å². The van der Waals surface area contributed by atoms with Gasteiger partial charge in [-0.2, -0.15) is 0 Å². The lowest BCUT2D eigenvalue weighted by molar-refractivity contribution is -0.113. The Morgan fingerprint density at radius 1 is 1.47 bits per heavy atom. The number of hydrogen-bond acceptors (Lipinski definition) is 2. The Balaban J connectivity index is 2.15. The maximum atomic E-state index is 13.7. The van der Waals surface area contributed by atoms with Gasteiger partial charge in [0.2, 0.25) is 0 Å². The summed E-state index contributed by atoms with van der Waals surface area (Å²) in [5, 5.41) is 3.34. The zero-order valence-corrected chi connectivity index (χ0v) is 10.5. The van der Waals surface area contributed by atoms with Gasteiger partial charge in [0.1, 0.15) is 5.82 Å². The molecule has 1 saturated heterocycles. The van der Waals surface area contributed by atoms with Crippen molar-refractivity contribution in [3.05, 3.63) is 35.6 Å². The number of halogens is 1. The Hall–Kier alpha value is -0.930. The van der Waals surface area contributed by atoms with Gasteiger partial charge in [-0.25, -0.2) is 4.39 Å². The van der Waals surface area contributed by atoms with Crippen LogP contribution in [0.5, 0.6) is 0 Å². The Morgan fingerprint density at radius 2 is 2.24 bits per heavy atom. The molecule has 1 N–H and O–H groups in total. The van der Waals surface area contributed by atoms with Crippen molar-refractivity contribution in [3.63, 3.8) is 0 Å². The SMILES string of the molecule is CCCC1(C)CNCC(c2ccccc2F)O1. The van der Waals surface area contributed by atoms with Crippen LogP contribution in [0.15, 0.2) is 24.3 Å². The van der Waals surface area contributed by atoms with Gasteiger partial charge < -0.3 is 10.1 Å². The minimum Gasteiger partial charge on any atom is -0.365 e. The zero-order chi connectivity index (χ0) is 12.3. The molecule has 1 aliphatic heterocycles. The molecule has 0 spiro atoms. The fourth-order valence-electron chi connectivity index (χ4n) is 2.48. The maximum Gasteiger partial charge on any atom is 0.129 e. The largest absolute Gasteiger partial charge is 0.365 e. The number of benzene rings is 1. The van der Waals surface area contributed by atoms with Crippen molar-refractivity contribution in [3.8, 4) is 0 Å². The molecule has 94 valence electrons. The summed E-state index contributed by atoms with van der Waals surface area (Å²) in [7, 11) is 0. The van der Waals surface area contributed by atoms with Crippen LogP contribution in [0, 0.1) is 5.82 Å². The highest BCUT2D eigenvalue weighted by atomic mass is 19.1. The van der Waals surface area contributed by atoms with E-state index >= 15 is 0 Å². The van der Waals surface area contributed by atoms with E-state index < -0.39 is 0 Å². The molecular weight excluding hydrogens is 217 g/mol. The van der Waals surface area contributed by atoms with Crippen LogP contribution < -0.4 is 5.32 Å². The van der Waals surface area contributed by atoms with Crippen molar-refractivity contribution in [2.45, 2.75) is 38.4 Å². The average Bonchev–Trinajstić information content (AvgIpc) is 2.29. The van der Waals surface area contributed by atoms with Crippen molar-refractivity contribution in [2.24, 2.45) is 0 Å². The van der Waals surface area contributed by atoms with E-state index in [1.54, 1.807) is 12.1 Å². The Kier molecular flexibility index (Phi) is 3.79.